The van der Waals surface area contributed by atoms with E-state index in [4.69, 9.17) is 5.11 Å². The standard InChI is InChI=1S/C17H22N2O2/c20-16(21)10-6-4-2-1-3-5-9-15-12-11-14-8-7-13-18-17(14)19-15/h7-8,11-13H,1-6,9-10H2,(H,20,21). The minimum absolute atomic E-state index is 0.300. The van der Waals surface area contributed by atoms with Gasteiger partial charge in [0.2, 0.25) is 0 Å². The Kier molecular flexibility index (Phi) is 6.13. The molecule has 0 aliphatic rings. The lowest BCUT2D eigenvalue weighted by molar-refractivity contribution is -0.137. The number of carbonyl (C=O) groups is 1. The molecule has 2 aromatic rings. The summed E-state index contributed by atoms with van der Waals surface area (Å²) in [7, 11) is 0. The molecule has 0 amide bonds. The average Bonchev–Trinajstić information content (AvgIpc) is 2.49. The maximum absolute atomic E-state index is 10.4. The van der Waals surface area contributed by atoms with E-state index in [1.54, 1.807) is 6.20 Å². The van der Waals surface area contributed by atoms with Gasteiger partial charge in [-0.05, 0) is 43.5 Å². The third-order valence-corrected chi connectivity index (χ3v) is 3.60. The van der Waals surface area contributed by atoms with Crippen LogP contribution in [0.2, 0.25) is 0 Å². The lowest BCUT2D eigenvalue weighted by Gasteiger charge is -2.03. The van der Waals surface area contributed by atoms with Gasteiger partial charge in [-0.2, -0.15) is 0 Å². The normalized spacial score (nSPS) is 10.9. The van der Waals surface area contributed by atoms with Crippen LogP contribution in [0, 0.1) is 0 Å². The van der Waals surface area contributed by atoms with Crippen LogP contribution in [0.15, 0.2) is 30.5 Å². The van der Waals surface area contributed by atoms with Gasteiger partial charge in [-0.15, -0.1) is 0 Å². The number of carboxylic acid groups (broad SMARTS) is 1. The topological polar surface area (TPSA) is 63.1 Å². The van der Waals surface area contributed by atoms with Crippen LogP contribution < -0.4 is 0 Å². The maximum atomic E-state index is 10.4. The monoisotopic (exact) mass is 286 g/mol. The van der Waals surface area contributed by atoms with Crippen molar-refractivity contribution < 1.29 is 9.90 Å². The Hall–Kier alpha value is -1.97. The Morgan fingerprint density at radius 1 is 1.00 bits per heavy atom. The second kappa shape index (κ2) is 8.35. The molecule has 0 saturated carbocycles. The molecule has 4 nitrogen and oxygen atoms in total. The smallest absolute Gasteiger partial charge is 0.303 e. The van der Waals surface area contributed by atoms with Crippen molar-refractivity contribution in [1.82, 2.24) is 9.97 Å². The number of nitrogens with zero attached hydrogens (tertiary/aromatic N) is 2. The van der Waals surface area contributed by atoms with Crippen molar-refractivity contribution in [3.8, 4) is 0 Å². The second-order valence-electron chi connectivity index (χ2n) is 5.37. The summed E-state index contributed by atoms with van der Waals surface area (Å²) in [5, 5.41) is 9.63. The zero-order valence-electron chi connectivity index (χ0n) is 12.3. The third kappa shape index (κ3) is 5.50. The Balaban J connectivity index is 1.62. The van der Waals surface area contributed by atoms with E-state index in [1.165, 1.54) is 12.8 Å². The van der Waals surface area contributed by atoms with E-state index in [-0.39, 0.29) is 0 Å². The highest BCUT2D eigenvalue weighted by Gasteiger charge is 2.00. The molecule has 0 aliphatic heterocycles. The number of aryl methyl sites for hydroxylation is 1. The van der Waals surface area contributed by atoms with Crippen molar-refractivity contribution in [2.24, 2.45) is 0 Å². The predicted octanol–water partition coefficient (Wildman–Crippen LogP) is 3.99. The zero-order chi connectivity index (χ0) is 14.9. The molecule has 112 valence electrons. The van der Waals surface area contributed by atoms with E-state index >= 15 is 0 Å². The summed E-state index contributed by atoms with van der Waals surface area (Å²) >= 11 is 0. The van der Waals surface area contributed by atoms with Gasteiger partial charge in [0, 0.05) is 23.7 Å². The third-order valence-electron chi connectivity index (χ3n) is 3.60. The Bertz CT molecular complexity index is 584. The first kappa shape index (κ1) is 15.4. The van der Waals surface area contributed by atoms with E-state index < -0.39 is 5.97 Å². The number of pyridine rings is 2. The molecule has 2 rings (SSSR count). The molecule has 0 fully saturated rings. The summed E-state index contributed by atoms with van der Waals surface area (Å²) in [6, 6.07) is 8.11. The van der Waals surface area contributed by atoms with Crippen LogP contribution in [0.1, 0.15) is 50.6 Å². The molecule has 0 spiro atoms. The minimum Gasteiger partial charge on any atom is -0.481 e. The van der Waals surface area contributed by atoms with Gasteiger partial charge >= 0.3 is 5.97 Å². The van der Waals surface area contributed by atoms with Gasteiger partial charge in [0.05, 0.1) is 0 Å². The molecule has 2 aromatic heterocycles. The number of fused-ring (bicyclic) bond motifs is 1. The first-order valence-corrected chi connectivity index (χ1v) is 7.68. The Labute approximate surface area is 125 Å². The SMILES string of the molecule is O=C(O)CCCCCCCCc1ccc2cccnc2n1. The molecule has 0 atom stereocenters. The number of hydrogen-bond acceptors (Lipinski definition) is 3. The molecule has 1 N–H and O–H groups in total. The number of hydrogen-bond donors (Lipinski definition) is 1. The summed E-state index contributed by atoms with van der Waals surface area (Å²) in [4.78, 5) is 19.2. The highest BCUT2D eigenvalue weighted by atomic mass is 16.4. The molecule has 0 aromatic carbocycles. The van der Waals surface area contributed by atoms with E-state index in [0.717, 1.165) is 48.8 Å². The number of carboxylic acids is 1. The largest absolute Gasteiger partial charge is 0.481 e. The fraction of sp³-hybridized carbons (Fsp3) is 0.471. The van der Waals surface area contributed by atoms with E-state index in [9.17, 15) is 4.79 Å². The number of unbranched alkanes of at least 4 members (excludes halogenated alkanes) is 5. The van der Waals surface area contributed by atoms with Gasteiger partial charge in [-0.3, -0.25) is 4.79 Å². The first-order valence-electron chi connectivity index (χ1n) is 7.68. The fourth-order valence-corrected chi connectivity index (χ4v) is 2.42. The summed E-state index contributed by atoms with van der Waals surface area (Å²) < 4.78 is 0. The first-order chi connectivity index (χ1) is 10.3. The number of aromatic nitrogens is 2. The van der Waals surface area contributed by atoms with Crippen LogP contribution in [-0.4, -0.2) is 21.0 Å². The fourth-order valence-electron chi connectivity index (χ4n) is 2.42. The van der Waals surface area contributed by atoms with Crippen molar-refractivity contribution in [1.29, 1.82) is 0 Å². The highest BCUT2D eigenvalue weighted by Crippen LogP contribution is 2.13. The highest BCUT2D eigenvalue weighted by molar-refractivity contribution is 5.74. The van der Waals surface area contributed by atoms with E-state index in [0.29, 0.717) is 6.42 Å². The van der Waals surface area contributed by atoms with Crippen LogP contribution in [0.3, 0.4) is 0 Å². The van der Waals surface area contributed by atoms with Crippen molar-refractivity contribution in [3.63, 3.8) is 0 Å². The molecule has 21 heavy (non-hydrogen) atoms. The van der Waals surface area contributed by atoms with Gasteiger partial charge in [0.25, 0.3) is 0 Å². The second-order valence-corrected chi connectivity index (χ2v) is 5.37. The number of aliphatic carboxylic acids is 1. The summed E-state index contributed by atoms with van der Waals surface area (Å²) in [6.07, 6.45) is 9.48. The molecule has 0 radical (unpaired) electrons. The van der Waals surface area contributed by atoms with Gasteiger partial charge in [-0.1, -0.05) is 25.7 Å². The van der Waals surface area contributed by atoms with Crippen molar-refractivity contribution in [3.05, 3.63) is 36.2 Å². The molecule has 2 heterocycles. The maximum Gasteiger partial charge on any atom is 0.303 e. The van der Waals surface area contributed by atoms with Crippen LogP contribution in [0.4, 0.5) is 0 Å². The lowest BCUT2D eigenvalue weighted by atomic mass is 10.1. The molecular weight excluding hydrogens is 264 g/mol. The van der Waals surface area contributed by atoms with E-state index in [2.05, 4.69) is 22.1 Å². The van der Waals surface area contributed by atoms with Gasteiger partial charge in [0.1, 0.15) is 0 Å². The van der Waals surface area contributed by atoms with Crippen LogP contribution in [-0.2, 0) is 11.2 Å². The predicted molar refractivity (Wildman–Crippen MR) is 83.2 cm³/mol. The zero-order valence-corrected chi connectivity index (χ0v) is 12.3. The van der Waals surface area contributed by atoms with Crippen molar-refractivity contribution in [2.45, 2.75) is 51.4 Å². The van der Waals surface area contributed by atoms with Crippen LogP contribution in [0.25, 0.3) is 11.0 Å². The Morgan fingerprint density at radius 3 is 2.57 bits per heavy atom. The molecule has 0 saturated heterocycles. The summed E-state index contributed by atoms with van der Waals surface area (Å²) in [6.45, 7) is 0. The molecule has 0 aliphatic carbocycles. The minimum atomic E-state index is -0.689. The van der Waals surface area contributed by atoms with E-state index in [1.807, 2.05) is 12.1 Å². The van der Waals surface area contributed by atoms with Crippen molar-refractivity contribution >= 4 is 17.0 Å². The summed E-state index contributed by atoms with van der Waals surface area (Å²) in [5.41, 5.74) is 1.93. The quantitative estimate of drug-likeness (QED) is 0.708. The van der Waals surface area contributed by atoms with Crippen LogP contribution >= 0.6 is 0 Å². The molecule has 4 heteroatoms. The molecular formula is C17H22N2O2. The van der Waals surface area contributed by atoms with Gasteiger partial charge in [0.15, 0.2) is 5.65 Å². The Morgan fingerprint density at radius 2 is 1.76 bits per heavy atom. The van der Waals surface area contributed by atoms with Gasteiger partial charge in [-0.25, -0.2) is 9.97 Å². The van der Waals surface area contributed by atoms with Crippen LogP contribution in [0.5, 0.6) is 0 Å². The summed E-state index contributed by atoms with van der Waals surface area (Å²) in [5.74, 6) is -0.689. The molecule has 0 bridgehead atoms. The van der Waals surface area contributed by atoms with Crippen molar-refractivity contribution in [2.75, 3.05) is 0 Å². The average molecular weight is 286 g/mol. The lowest BCUT2D eigenvalue weighted by Crippen LogP contribution is -1.94. The number of rotatable bonds is 9. The van der Waals surface area contributed by atoms with Gasteiger partial charge < -0.3 is 5.11 Å². The molecule has 0 unspecified atom stereocenters.